The zero-order valence-corrected chi connectivity index (χ0v) is 16.3. The van der Waals surface area contributed by atoms with Crippen LogP contribution in [0.3, 0.4) is 0 Å². The Morgan fingerprint density at radius 2 is 1.79 bits per heavy atom. The number of hydrogen-bond acceptors (Lipinski definition) is 7. The fourth-order valence-corrected chi connectivity index (χ4v) is 5.72. The second-order valence-electron chi connectivity index (χ2n) is 8.43. The van der Waals surface area contributed by atoms with Gasteiger partial charge in [-0.25, -0.2) is 0 Å². The van der Waals surface area contributed by atoms with Gasteiger partial charge in [0.05, 0.1) is 18.8 Å². The summed E-state index contributed by atoms with van der Waals surface area (Å²) in [4.78, 5) is 2.15. The fourth-order valence-electron chi connectivity index (χ4n) is 5.72. The maximum atomic E-state index is 11.4. The highest BCUT2D eigenvalue weighted by atomic mass is 16.7. The van der Waals surface area contributed by atoms with Crippen molar-refractivity contribution in [2.45, 2.75) is 36.9 Å². The summed E-state index contributed by atoms with van der Waals surface area (Å²) in [7, 11) is 1.99. The van der Waals surface area contributed by atoms with Crippen LogP contribution >= 0.6 is 0 Å². The molecule has 0 saturated carbocycles. The van der Waals surface area contributed by atoms with Crippen LogP contribution in [-0.4, -0.2) is 48.5 Å². The maximum absolute atomic E-state index is 11.4. The third kappa shape index (κ3) is 2.07. The van der Waals surface area contributed by atoms with Crippen molar-refractivity contribution in [1.82, 2.24) is 4.90 Å². The molecule has 0 amide bonds. The summed E-state index contributed by atoms with van der Waals surface area (Å²) < 4.78 is 22.6. The Balaban J connectivity index is 1.61. The normalized spacial score (nSPS) is 31.2. The zero-order chi connectivity index (χ0) is 19.9. The van der Waals surface area contributed by atoms with E-state index in [0.717, 1.165) is 33.8 Å². The molecule has 0 saturated heterocycles. The lowest BCUT2D eigenvalue weighted by atomic mass is 9.59. The van der Waals surface area contributed by atoms with Gasteiger partial charge in [-0.3, -0.25) is 4.90 Å². The smallest absolute Gasteiger partial charge is 0.231 e. The molecule has 2 aromatic carbocycles. The van der Waals surface area contributed by atoms with Crippen LogP contribution in [0.2, 0.25) is 0 Å². The van der Waals surface area contributed by atoms with Crippen molar-refractivity contribution in [2.24, 2.45) is 0 Å². The van der Waals surface area contributed by atoms with E-state index >= 15 is 0 Å². The minimum absolute atomic E-state index is 0.0636. The Morgan fingerprint density at radius 1 is 1.07 bits per heavy atom. The molecule has 29 heavy (non-hydrogen) atoms. The van der Waals surface area contributed by atoms with Crippen molar-refractivity contribution < 1.29 is 29.2 Å². The third-order valence-corrected chi connectivity index (χ3v) is 7.17. The summed E-state index contributed by atoms with van der Waals surface area (Å²) in [6.45, 7) is 2.42. The van der Waals surface area contributed by atoms with Gasteiger partial charge in [-0.1, -0.05) is 13.0 Å². The minimum atomic E-state index is -0.610. The van der Waals surface area contributed by atoms with Crippen LogP contribution in [0.1, 0.15) is 41.3 Å². The van der Waals surface area contributed by atoms with Crippen LogP contribution in [0.5, 0.6) is 23.0 Å². The van der Waals surface area contributed by atoms with Gasteiger partial charge in [-0.05, 0) is 48.4 Å². The maximum Gasteiger partial charge on any atom is 0.231 e. The second kappa shape index (κ2) is 5.78. The van der Waals surface area contributed by atoms with Crippen LogP contribution in [0.15, 0.2) is 24.3 Å². The first-order chi connectivity index (χ1) is 14.0. The van der Waals surface area contributed by atoms with E-state index in [-0.39, 0.29) is 32.3 Å². The van der Waals surface area contributed by atoms with E-state index in [1.165, 1.54) is 0 Å². The number of nitrogens with zero attached hydrogens (tertiary/aromatic N) is 1. The summed E-state index contributed by atoms with van der Waals surface area (Å²) in [5.41, 5.74) is 3.48. The molecule has 4 atom stereocenters. The lowest BCUT2D eigenvalue weighted by molar-refractivity contribution is -0.0268. The topological polar surface area (TPSA) is 80.6 Å². The number of aliphatic hydroxyl groups is 2. The van der Waals surface area contributed by atoms with E-state index in [0.29, 0.717) is 17.9 Å². The third-order valence-electron chi connectivity index (χ3n) is 7.17. The Bertz CT molecular complexity index is 1020. The van der Waals surface area contributed by atoms with Crippen molar-refractivity contribution in [3.8, 4) is 23.0 Å². The average molecular weight is 397 g/mol. The van der Waals surface area contributed by atoms with Crippen molar-refractivity contribution in [1.29, 1.82) is 0 Å². The lowest BCUT2D eigenvalue weighted by Gasteiger charge is -2.56. The Kier molecular flexibility index (Phi) is 3.47. The molecule has 0 radical (unpaired) electrons. The van der Waals surface area contributed by atoms with Gasteiger partial charge in [0.2, 0.25) is 13.6 Å². The zero-order valence-electron chi connectivity index (χ0n) is 16.3. The Hall–Kier alpha value is -2.48. The van der Waals surface area contributed by atoms with Crippen molar-refractivity contribution in [3.05, 3.63) is 46.5 Å². The van der Waals surface area contributed by atoms with E-state index in [1.807, 2.05) is 31.3 Å². The molecule has 0 aromatic heterocycles. The van der Waals surface area contributed by atoms with Gasteiger partial charge < -0.3 is 29.2 Å². The van der Waals surface area contributed by atoms with Crippen LogP contribution in [0, 0.1) is 0 Å². The molecule has 152 valence electrons. The molecule has 4 unspecified atom stereocenters. The first kappa shape index (κ1) is 17.4. The molecule has 3 heterocycles. The quantitative estimate of drug-likeness (QED) is 0.762. The fraction of sp³-hybridized carbons (Fsp3) is 0.455. The SMILES string of the molecule is CN1C(CO)c2c(ccc3c2OCO3)C2(C)C(O)Cc3cc4c(cc3C12)OCO4. The van der Waals surface area contributed by atoms with Gasteiger partial charge in [-0.2, -0.15) is 0 Å². The number of ether oxygens (including phenoxy) is 4. The highest BCUT2D eigenvalue weighted by Crippen LogP contribution is 2.59. The highest BCUT2D eigenvalue weighted by Gasteiger charge is 2.56. The number of aliphatic hydroxyl groups excluding tert-OH is 2. The summed E-state index contributed by atoms with van der Waals surface area (Å²) in [5.74, 6) is 2.82. The van der Waals surface area contributed by atoms with Crippen LogP contribution in [0.25, 0.3) is 0 Å². The van der Waals surface area contributed by atoms with E-state index < -0.39 is 11.5 Å². The van der Waals surface area contributed by atoms with Gasteiger partial charge in [-0.15, -0.1) is 0 Å². The minimum Gasteiger partial charge on any atom is -0.454 e. The predicted molar refractivity (Wildman–Crippen MR) is 103 cm³/mol. The molecule has 0 bridgehead atoms. The summed E-state index contributed by atoms with van der Waals surface area (Å²) in [6, 6.07) is 7.54. The molecule has 1 aliphatic carbocycles. The van der Waals surface area contributed by atoms with Crippen molar-refractivity contribution >= 4 is 0 Å². The number of likely N-dealkylation sites (N-methyl/N-ethyl adjacent to an activating group) is 1. The van der Waals surface area contributed by atoms with Crippen molar-refractivity contribution in [3.63, 3.8) is 0 Å². The van der Waals surface area contributed by atoms with Crippen LogP contribution in [0.4, 0.5) is 0 Å². The van der Waals surface area contributed by atoms with Gasteiger partial charge in [0.1, 0.15) is 0 Å². The van der Waals surface area contributed by atoms with Crippen molar-refractivity contribution in [2.75, 3.05) is 27.2 Å². The lowest BCUT2D eigenvalue weighted by Crippen LogP contribution is -2.56. The predicted octanol–water partition coefficient (Wildman–Crippen LogP) is 2.04. The van der Waals surface area contributed by atoms with Gasteiger partial charge in [0.15, 0.2) is 23.0 Å². The van der Waals surface area contributed by atoms with E-state index in [2.05, 4.69) is 11.8 Å². The average Bonchev–Trinajstić information content (AvgIpc) is 3.36. The first-order valence-corrected chi connectivity index (χ1v) is 9.90. The number of hydrogen-bond donors (Lipinski definition) is 2. The van der Waals surface area contributed by atoms with E-state index in [9.17, 15) is 10.2 Å². The number of fused-ring (bicyclic) bond motifs is 8. The molecule has 4 aliphatic rings. The van der Waals surface area contributed by atoms with Gasteiger partial charge >= 0.3 is 0 Å². The van der Waals surface area contributed by atoms with Crippen LogP contribution in [-0.2, 0) is 11.8 Å². The standard InChI is InChI=1S/C22H23NO6/c1-22-13-3-4-15-20(29-10-26-15)19(13)14(8-24)23(2)21(22)12-7-17-16(27-9-28-17)5-11(12)6-18(22)25/h3-5,7,14,18,21,24-25H,6,8-10H2,1-2H3. The molecule has 0 fully saturated rings. The number of rotatable bonds is 1. The molecule has 7 nitrogen and oxygen atoms in total. The Labute approximate surface area is 168 Å². The molecule has 2 aromatic rings. The van der Waals surface area contributed by atoms with Gasteiger partial charge in [0, 0.05) is 17.0 Å². The molecule has 7 heteroatoms. The first-order valence-electron chi connectivity index (χ1n) is 9.90. The molecule has 0 spiro atoms. The van der Waals surface area contributed by atoms with Gasteiger partial charge in [0.25, 0.3) is 0 Å². The summed E-state index contributed by atoms with van der Waals surface area (Å²) in [5, 5.41) is 21.7. The van der Waals surface area contributed by atoms with Crippen LogP contribution < -0.4 is 18.9 Å². The molecule has 2 N–H and O–H groups in total. The van der Waals surface area contributed by atoms with E-state index in [4.69, 9.17) is 18.9 Å². The highest BCUT2D eigenvalue weighted by molar-refractivity contribution is 5.61. The molecular formula is C22H23NO6. The monoisotopic (exact) mass is 397 g/mol. The summed E-state index contributed by atoms with van der Waals surface area (Å²) in [6.07, 6.45) is -0.0913. The Morgan fingerprint density at radius 3 is 2.59 bits per heavy atom. The second-order valence-corrected chi connectivity index (χ2v) is 8.43. The van der Waals surface area contributed by atoms with E-state index in [1.54, 1.807) is 0 Å². The summed E-state index contributed by atoms with van der Waals surface area (Å²) >= 11 is 0. The number of benzene rings is 2. The molecule has 3 aliphatic heterocycles. The molecule has 6 rings (SSSR count). The molecular weight excluding hydrogens is 374 g/mol. The largest absolute Gasteiger partial charge is 0.454 e.